The van der Waals surface area contributed by atoms with Crippen LogP contribution in [0.1, 0.15) is 24.4 Å². The van der Waals surface area contributed by atoms with Gasteiger partial charge in [0, 0.05) is 12.7 Å². The average Bonchev–Trinajstić information content (AvgIpc) is 2.27. The second-order valence-electron chi connectivity index (χ2n) is 4.09. The number of hydrogen-bond donors (Lipinski definition) is 1. The van der Waals surface area contributed by atoms with E-state index >= 15 is 0 Å². The summed E-state index contributed by atoms with van der Waals surface area (Å²) in [6.45, 7) is 0. The van der Waals surface area contributed by atoms with Crippen LogP contribution in [0, 0.1) is 0 Å². The van der Waals surface area contributed by atoms with Gasteiger partial charge in [0.2, 0.25) is 0 Å². The average molecular weight is 255 g/mol. The van der Waals surface area contributed by atoms with Gasteiger partial charge in [-0.3, -0.25) is 4.79 Å². The van der Waals surface area contributed by atoms with Crippen LogP contribution >= 0.6 is 0 Å². The van der Waals surface area contributed by atoms with E-state index < -0.39 is 15.9 Å². The summed E-state index contributed by atoms with van der Waals surface area (Å²) in [5, 5.41) is 0. The molecule has 1 unspecified atom stereocenters. The molecule has 2 N–H and O–H groups in total. The number of rotatable bonds is 6. The zero-order valence-electron chi connectivity index (χ0n) is 9.80. The summed E-state index contributed by atoms with van der Waals surface area (Å²) in [5.74, 6) is -0.0971. The number of ketones is 1. The second-order valence-corrected chi connectivity index (χ2v) is 6.35. The van der Waals surface area contributed by atoms with Crippen LogP contribution in [0.15, 0.2) is 30.3 Å². The van der Waals surface area contributed by atoms with Crippen molar-refractivity contribution in [3.8, 4) is 0 Å². The molecule has 94 valence electrons. The third kappa shape index (κ3) is 5.10. The maximum absolute atomic E-state index is 11.7. The van der Waals surface area contributed by atoms with E-state index in [-0.39, 0.29) is 18.0 Å². The lowest BCUT2D eigenvalue weighted by molar-refractivity contribution is -0.120. The molecule has 1 rings (SSSR count). The van der Waals surface area contributed by atoms with Gasteiger partial charge in [-0.2, -0.15) is 0 Å². The third-order valence-corrected chi connectivity index (χ3v) is 3.47. The first-order chi connectivity index (χ1) is 7.90. The monoisotopic (exact) mass is 255 g/mol. The Morgan fingerprint density at radius 1 is 1.29 bits per heavy atom. The molecular weight excluding hydrogens is 238 g/mol. The molecule has 17 heavy (non-hydrogen) atoms. The summed E-state index contributed by atoms with van der Waals surface area (Å²) < 4.78 is 21.8. The Balaban J connectivity index is 2.49. The molecule has 1 atom stereocenters. The van der Waals surface area contributed by atoms with Crippen molar-refractivity contribution in [2.75, 3.05) is 12.0 Å². The van der Waals surface area contributed by atoms with Gasteiger partial charge in [-0.05, 0) is 12.0 Å². The fourth-order valence-corrected chi connectivity index (χ4v) is 2.18. The lowest BCUT2D eigenvalue weighted by Crippen LogP contribution is -2.21. The van der Waals surface area contributed by atoms with Crippen molar-refractivity contribution in [1.82, 2.24) is 0 Å². The summed E-state index contributed by atoms with van der Waals surface area (Å²) in [7, 11) is -3.00. The molecule has 0 aliphatic heterocycles. The first-order valence-electron chi connectivity index (χ1n) is 5.41. The van der Waals surface area contributed by atoms with Gasteiger partial charge in [-0.25, -0.2) is 8.42 Å². The van der Waals surface area contributed by atoms with E-state index in [9.17, 15) is 13.2 Å². The van der Waals surface area contributed by atoms with Crippen molar-refractivity contribution in [3.63, 3.8) is 0 Å². The molecule has 5 heteroatoms. The number of Topliss-reactive ketones (excluding diaryl/α,β-unsaturated/α-hetero) is 1. The molecule has 0 saturated carbocycles. The fraction of sp³-hybridized carbons (Fsp3) is 0.417. The lowest BCUT2D eigenvalue weighted by atomic mass is 10.0. The Labute approximate surface area is 102 Å². The standard InChI is InChI=1S/C12H17NO3S/c1-17(15,16)9-5-8-11(14)12(13)10-6-3-2-4-7-10/h2-4,6-7,12H,5,8-9,13H2,1H3. The summed E-state index contributed by atoms with van der Waals surface area (Å²) in [6.07, 6.45) is 1.69. The van der Waals surface area contributed by atoms with Gasteiger partial charge < -0.3 is 5.73 Å². The third-order valence-electron chi connectivity index (χ3n) is 2.44. The van der Waals surface area contributed by atoms with Crippen LogP contribution in [0.2, 0.25) is 0 Å². The molecule has 0 amide bonds. The molecule has 0 aliphatic carbocycles. The molecule has 0 heterocycles. The van der Waals surface area contributed by atoms with Gasteiger partial charge in [0.1, 0.15) is 9.84 Å². The number of carbonyl (C=O) groups excluding carboxylic acids is 1. The van der Waals surface area contributed by atoms with Gasteiger partial charge in [0.05, 0.1) is 11.8 Å². The maximum Gasteiger partial charge on any atom is 0.154 e. The second kappa shape index (κ2) is 5.93. The Morgan fingerprint density at radius 3 is 2.41 bits per heavy atom. The van der Waals surface area contributed by atoms with E-state index in [1.165, 1.54) is 0 Å². The van der Waals surface area contributed by atoms with Crippen LogP contribution in [0.3, 0.4) is 0 Å². The van der Waals surface area contributed by atoms with Gasteiger partial charge >= 0.3 is 0 Å². The molecule has 0 aliphatic rings. The largest absolute Gasteiger partial charge is 0.318 e. The van der Waals surface area contributed by atoms with Gasteiger partial charge in [0.15, 0.2) is 5.78 Å². The van der Waals surface area contributed by atoms with E-state index in [2.05, 4.69) is 0 Å². The van der Waals surface area contributed by atoms with Crippen LogP contribution in [0.25, 0.3) is 0 Å². The highest BCUT2D eigenvalue weighted by atomic mass is 32.2. The van der Waals surface area contributed by atoms with Gasteiger partial charge in [-0.1, -0.05) is 30.3 Å². The van der Waals surface area contributed by atoms with Crippen molar-refractivity contribution in [1.29, 1.82) is 0 Å². The summed E-state index contributed by atoms with van der Waals surface area (Å²) in [5.41, 5.74) is 6.55. The minimum Gasteiger partial charge on any atom is -0.318 e. The number of nitrogens with two attached hydrogens (primary N) is 1. The molecule has 1 aromatic rings. The highest BCUT2D eigenvalue weighted by Crippen LogP contribution is 2.13. The summed E-state index contributed by atoms with van der Waals surface area (Å²) >= 11 is 0. The molecule has 0 radical (unpaired) electrons. The molecule has 4 nitrogen and oxygen atoms in total. The SMILES string of the molecule is CS(=O)(=O)CCCC(=O)C(N)c1ccccc1. The van der Waals surface area contributed by atoms with Crippen LogP contribution < -0.4 is 5.73 Å². The van der Waals surface area contributed by atoms with E-state index in [0.717, 1.165) is 11.8 Å². The van der Waals surface area contributed by atoms with Crippen LogP contribution in [0.5, 0.6) is 0 Å². The summed E-state index contributed by atoms with van der Waals surface area (Å²) in [4.78, 5) is 11.7. The van der Waals surface area contributed by atoms with Crippen molar-refractivity contribution < 1.29 is 13.2 Å². The zero-order chi connectivity index (χ0) is 12.9. The van der Waals surface area contributed by atoms with Crippen LogP contribution in [-0.2, 0) is 14.6 Å². The van der Waals surface area contributed by atoms with Crippen molar-refractivity contribution in [2.24, 2.45) is 5.73 Å². The maximum atomic E-state index is 11.7. The zero-order valence-corrected chi connectivity index (χ0v) is 10.6. The van der Waals surface area contributed by atoms with E-state index in [4.69, 9.17) is 5.73 Å². The predicted octanol–water partition coefficient (Wildman–Crippen LogP) is 1.08. The molecule has 0 aromatic heterocycles. The Bertz CT molecular complexity index is 468. The van der Waals surface area contributed by atoms with Crippen LogP contribution in [-0.4, -0.2) is 26.2 Å². The lowest BCUT2D eigenvalue weighted by Gasteiger charge is -2.10. The number of hydrogen-bond acceptors (Lipinski definition) is 4. The Kier molecular flexibility index (Phi) is 4.84. The topological polar surface area (TPSA) is 77.2 Å². The molecule has 0 spiro atoms. The van der Waals surface area contributed by atoms with Crippen molar-refractivity contribution in [3.05, 3.63) is 35.9 Å². The van der Waals surface area contributed by atoms with E-state index in [0.29, 0.717) is 6.42 Å². The minimum absolute atomic E-state index is 0.0280. The van der Waals surface area contributed by atoms with Crippen molar-refractivity contribution >= 4 is 15.6 Å². The highest BCUT2D eigenvalue weighted by molar-refractivity contribution is 7.90. The molecule has 1 aromatic carbocycles. The van der Waals surface area contributed by atoms with Crippen molar-refractivity contribution in [2.45, 2.75) is 18.9 Å². The summed E-state index contributed by atoms with van der Waals surface area (Å²) in [6, 6.07) is 8.41. The molecule has 0 fully saturated rings. The number of carbonyl (C=O) groups is 1. The predicted molar refractivity (Wildman–Crippen MR) is 67.3 cm³/mol. The van der Waals surface area contributed by atoms with E-state index in [1.54, 1.807) is 12.1 Å². The highest BCUT2D eigenvalue weighted by Gasteiger charge is 2.15. The number of sulfone groups is 1. The van der Waals surface area contributed by atoms with Crippen LogP contribution in [0.4, 0.5) is 0 Å². The first-order valence-corrected chi connectivity index (χ1v) is 7.47. The molecule has 0 bridgehead atoms. The fourth-order valence-electron chi connectivity index (χ4n) is 1.51. The Morgan fingerprint density at radius 2 is 1.88 bits per heavy atom. The quantitative estimate of drug-likeness (QED) is 0.825. The van der Waals surface area contributed by atoms with Gasteiger partial charge in [0.25, 0.3) is 0 Å². The molecule has 0 saturated heterocycles. The van der Waals surface area contributed by atoms with Gasteiger partial charge in [-0.15, -0.1) is 0 Å². The molecular formula is C12H17NO3S. The first kappa shape index (κ1) is 13.9. The normalized spacial score (nSPS) is 13.3. The minimum atomic E-state index is -3.00. The number of benzene rings is 1. The van der Waals surface area contributed by atoms with E-state index in [1.807, 2.05) is 18.2 Å². The Hall–Kier alpha value is -1.20. The smallest absolute Gasteiger partial charge is 0.154 e.